The van der Waals surface area contributed by atoms with Crippen molar-refractivity contribution in [2.75, 3.05) is 23.8 Å². The molecule has 1 aliphatic rings. The summed E-state index contributed by atoms with van der Waals surface area (Å²) in [5.41, 5.74) is 3.83. The fourth-order valence-electron chi connectivity index (χ4n) is 3.64. The minimum absolute atomic E-state index is 0.0224. The Labute approximate surface area is 179 Å². The third-order valence-corrected chi connectivity index (χ3v) is 5.95. The summed E-state index contributed by atoms with van der Waals surface area (Å²) < 4.78 is 7.37. The number of hydrogen-bond donors (Lipinski definition) is 1. The topological polar surface area (TPSA) is 80.2 Å². The highest BCUT2D eigenvalue weighted by Gasteiger charge is 2.24. The number of rotatable bonds is 5. The Kier molecular flexibility index (Phi) is 5.60. The van der Waals surface area contributed by atoms with Crippen molar-refractivity contribution < 1.29 is 9.53 Å². The van der Waals surface area contributed by atoms with E-state index < -0.39 is 0 Å². The molecule has 158 valence electrons. The summed E-state index contributed by atoms with van der Waals surface area (Å²) in [5.74, 6) is 1.18. The Balaban J connectivity index is 1.61. The zero-order chi connectivity index (χ0) is 21.4. The molecule has 0 saturated carbocycles. The van der Waals surface area contributed by atoms with E-state index in [-0.39, 0.29) is 23.1 Å². The molecule has 7 nitrogen and oxygen atoms in total. The highest BCUT2D eigenvalue weighted by molar-refractivity contribution is 7.99. The molecule has 0 bridgehead atoms. The van der Waals surface area contributed by atoms with Crippen LogP contribution in [-0.2, 0) is 11.3 Å². The average Bonchev–Trinajstić information content (AvgIpc) is 3.08. The highest BCUT2D eigenvalue weighted by Crippen LogP contribution is 2.33. The SMILES string of the molecule is Cc1ccc2c(c1)N(C(=O)CSc1nc3cc(C)[nH]c3c(=O)n1CC(C)C)CCO2. The second-order valence-corrected chi connectivity index (χ2v) is 9.01. The number of aromatic nitrogens is 3. The number of nitrogens with one attached hydrogen (secondary N) is 1. The molecule has 0 aliphatic carbocycles. The van der Waals surface area contributed by atoms with Gasteiger partial charge in [0.2, 0.25) is 5.91 Å². The van der Waals surface area contributed by atoms with Crippen LogP contribution in [0.15, 0.2) is 34.2 Å². The van der Waals surface area contributed by atoms with E-state index in [1.165, 1.54) is 11.8 Å². The van der Waals surface area contributed by atoms with E-state index in [4.69, 9.17) is 4.74 Å². The van der Waals surface area contributed by atoms with Crippen LogP contribution in [0.4, 0.5) is 5.69 Å². The lowest BCUT2D eigenvalue weighted by Crippen LogP contribution is -2.39. The molecule has 1 aromatic carbocycles. The molecule has 0 saturated heterocycles. The molecule has 30 heavy (non-hydrogen) atoms. The van der Waals surface area contributed by atoms with Crippen molar-refractivity contribution in [3.8, 4) is 5.75 Å². The highest BCUT2D eigenvalue weighted by atomic mass is 32.2. The standard InChI is InChI=1S/C22H26N4O3S/c1-13(2)11-26-21(28)20-16(10-15(4)23-20)24-22(26)30-12-19(27)25-7-8-29-18-6-5-14(3)9-17(18)25/h5-6,9-10,13,23H,7-8,11-12H2,1-4H3. The summed E-state index contributed by atoms with van der Waals surface area (Å²) in [7, 11) is 0. The van der Waals surface area contributed by atoms with Gasteiger partial charge in [0.05, 0.1) is 23.5 Å². The summed E-state index contributed by atoms with van der Waals surface area (Å²) >= 11 is 1.31. The number of H-pyrrole nitrogens is 1. The number of thioether (sulfide) groups is 1. The number of anilines is 1. The molecule has 1 aliphatic heterocycles. The number of hydrogen-bond acceptors (Lipinski definition) is 5. The molecule has 8 heteroatoms. The van der Waals surface area contributed by atoms with Crippen LogP contribution in [0.5, 0.6) is 5.75 Å². The van der Waals surface area contributed by atoms with Crippen molar-refractivity contribution in [2.45, 2.75) is 39.4 Å². The predicted molar refractivity (Wildman–Crippen MR) is 120 cm³/mol. The summed E-state index contributed by atoms with van der Waals surface area (Å²) in [4.78, 5) is 35.6. The third kappa shape index (κ3) is 3.96. The third-order valence-electron chi connectivity index (χ3n) is 4.99. The molecular weight excluding hydrogens is 400 g/mol. The van der Waals surface area contributed by atoms with Gasteiger partial charge in [0.1, 0.15) is 17.9 Å². The van der Waals surface area contributed by atoms with Gasteiger partial charge in [-0.1, -0.05) is 31.7 Å². The van der Waals surface area contributed by atoms with Crippen molar-refractivity contribution in [3.05, 3.63) is 45.9 Å². The lowest BCUT2D eigenvalue weighted by Gasteiger charge is -2.29. The summed E-state index contributed by atoms with van der Waals surface area (Å²) in [6.45, 7) is 9.55. The molecule has 0 radical (unpaired) electrons. The van der Waals surface area contributed by atoms with Crippen molar-refractivity contribution in [1.82, 2.24) is 14.5 Å². The zero-order valence-electron chi connectivity index (χ0n) is 17.7. The molecule has 4 rings (SSSR count). The number of carbonyl (C=O) groups is 1. The van der Waals surface area contributed by atoms with Crippen LogP contribution in [0.2, 0.25) is 0 Å². The van der Waals surface area contributed by atoms with E-state index in [0.717, 1.165) is 22.7 Å². The number of ether oxygens (including phenoxy) is 1. The molecular formula is C22H26N4O3S. The van der Waals surface area contributed by atoms with Crippen LogP contribution >= 0.6 is 11.8 Å². The fourth-order valence-corrected chi connectivity index (χ4v) is 4.52. The Morgan fingerprint density at radius 2 is 2.10 bits per heavy atom. The molecule has 0 atom stereocenters. The van der Waals surface area contributed by atoms with Crippen molar-refractivity contribution in [1.29, 1.82) is 0 Å². The minimum atomic E-state index is -0.0934. The maximum atomic E-state index is 13.1. The Bertz CT molecular complexity index is 1170. The van der Waals surface area contributed by atoms with Gasteiger partial charge >= 0.3 is 0 Å². The molecule has 3 aromatic rings. The van der Waals surface area contributed by atoms with Crippen LogP contribution in [0.25, 0.3) is 11.0 Å². The van der Waals surface area contributed by atoms with E-state index in [0.29, 0.717) is 35.9 Å². The first-order chi connectivity index (χ1) is 14.3. The summed E-state index contributed by atoms with van der Waals surface area (Å²) in [5, 5.41) is 0.575. The van der Waals surface area contributed by atoms with E-state index >= 15 is 0 Å². The second-order valence-electron chi connectivity index (χ2n) is 8.07. The quantitative estimate of drug-likeness (QED) is 0.499. The number of aromatic amines is 1. The molecule has 0 fully saturated rings. The number of carbonyl (C=O) groups excluding carboxylic acids is 1. The smallest absolute Gasteiger partial charge is 0.278 e. The van der Waals surface area contributed by atoms with Gasteiger partial charge in [0.25, 0.3) is 5.56 Å². The Morgan fingerprint density at radius 1 is 1.30 bits per heavy atom. The van der Waals surface area contributed by atoms with Crippen LogP contribution < -0.4 is 15.2 Å². The second kappa shape index (κ2) is 8.18. The zero-order valence-corrected chi connectivity index (χ0v) is 18.5. The van der Waals surface area contributed by atoms with Crippen LogP contribution in [0.1, 0.15) is 25.1 Å². The Hall–Kier alpha value is -2.74. The number of aryl methyl sites for hydroxylation is 2. The molecule has 2 aromatic heterocycles. The minimum Gasteiger partial charge on any atom is -0.490 e. The summed E-state index contributed by atoms with van der Waals surface area (Å²) in [6.07, 6.45) is 0. The van der Waals surface area contributed by atoms with Gasteiger partial charge in [0, 0.05) is 12.2 Å². The van der Waals surface area contributed by atoms with Crippen molar-refractivity contribution >= 4 is 34.4 Å². The molecule has 1 N–H and O–H groups in total. The molecule has 3 heterocycles. The van der Waals surface area contributed by atoms with Gasteiger partial charge < -0.3 is 14.6 Å². The predicted octanol–water partition coefficient (Wildman–Crippen LogP) is 3.52. The van der Waals surface area contributed by atoms with Crippen molar-refractivity contribution in [3.63, 3.8) is 0 Å². The Morgan fingerprint density at radius 3 is 2.87 bits per heavy atom. The van der Waals surface area contributed by atoms with E-state index in [9.17, 15) is 9.59 Å². The van der Waals surface area contributed by atoms with Crippen LogP contribution in [-0.4, -0.2) is 39.3 Å². The number of fused-ring (bicyclic) bond motifs is 2. The lowest BCUT2D eigenvalue weighted by atomic mass is 10.1. The maximum absolute atomic E-state index is 13.1. The van der Waals surface area contributed by atoms with E-state index in [1.54, 1.807) is 9.47 Å². The first kappa shape index (κ1) is 20.5. The number of amides is 1. The monoisotopic (exact) mass is 426 g/mol. The van der Waals surface area contributed by atoms with Gasteiger partial charge in [-0.2, -0.15) is 0 Å². The first-order valence-electron chi connectivity index (χ1n) is 10.1. The normalized spacial score (nSPS) is 13.6. The van der Waals surface area contributed by atoms with Crippen LogP contribution in [0.3, 0.4) is 0 Å². The fraction of sp³-hybridized carbons (Fsp3) is 0.409. The lowest BCUT2D eigenvalue weighted by molar-refractivity contribution is -0.116. The number of nitrogens with zero attached hydrogens (tertiary/aromatic N) is 3. The van der Waals surface area contributed by atoms with Gasteiger partial charge in [0.15, 0.2) is 5.16 Å². The molecule has 0 spiro atoms. The van der Waals surface area contributed by atoms with E-state index in [1.807, 2.05) is 38.1 Å². The van der Waals surface area contributed by atoms with Gasteiger partial charge in [-0.25, -0.2) is 4.98 Å². The largest absolute Gasteiger partial charge is 0.490 e. The van der Waals surface area contributed by atoms with Gasteiger partial charge in [-0.05, 0) is 43.5 Å². The van der Waals surface area contributed by atoms with Crippen LogP contribution in [0, 0.1) is 19.8 Å². The van der Waals surface area contributed by atoms with E-state index in [2.05, 4.69) is 23.8 Å². The number of benzene rings is 1. The average molecular weight is 427 g/mol. The van der Waals surface area contributed by atoms with Gasteiger partial charge in [-0.15, -0.1) is 0 Å². The molecule has 0 unspecified atom stereocenters. The first-order valence-corrected chi connectivity index (χ1v) is 11.1. The maximum Gasteiger partial charge on any atom is 0.278 e. The van der Waals surface area contributed by atoms with Gasteiger partial charge in [-0.3, -0.25) is 14.2 Å². The molecule has 1 amide bonds. The summed E-state index contributed by atoms with van der Waals surface area (Å²) in [6, 6.07) is 7.72. The van der Waals surface area contributed by atoms with Crippen molar-refractivity contribution in [2.24, 2.45) is 5.92 Å².